The molecule has 1 unspecified atom stereocenters. The predicted molar refractivity (Wildman–Crippen MR) is 125 cm³/mol. The van der Waals surface area contributed by atoms with Crippen LogP contribution in [0.1, 0.15) is 42.3 Å². The van der Waals surface area contributed by atoms with Crippen molar-refractivity contribution in [3.05, 3.63) is 65.7 Å². The molecule has 0 radical (unpaired) electrons. The van der Waals surface area contributed by atoms with Crippen molar-refractivity contribution in [2.45, 2.75) is 26.4 Å². The highest BCUT2D eigenvalue weighted by Crippen LogP contribution is 2.22. The lowest BCUT2D eigenvalue weighted by Gasteiger charge is -2.37. The standard InChI is InChI=1S/C23H30N2O2.2ClH/c1-3-22(26)20-11-8-12-21(17-20)25-15-13-24(14-16-25)18-23(27-4-2)19-9-6-5-7-10-19;;/h5-12,17,23H,3-4,13-16,18H2,1-2H3;2*1H. The van der Waals surface area contributed by atoms with Crippen molar-refractivity contribution in [3.8, 4) is 0 Å². The van der Waals surface area contributed by atoms with Gasteiger partial charge in [-0.3, -0.25) is 9.69 Å². The third-order valence-electron chi connectivity index (χ3n) is 5.19. The molecule has 0 aromatic heterocycles. The van der Waals surface area contributed by atoms with Crippen molar-refractivity contribution in [1.29, 1.82) is 0 Å². The van der Waals surface area contributed by atoms with Crippen LogP contribution in [0.5, 0.6) is 0 Å². The average molecular weight is 439 g/mol. The Bertz CT molecular complexity index is 735. The summed E-state index contributed by atoms with van der Waals surface area (Å²) in [5.41, 5.74) is 3.21. The van der Waals surface area contributed by atoms with Gasteiger partial charge in [-0.25, -0.2) is 0 Å². The van der Waals surface area contributed by atoms with Crippen molar-refractivity contribution in [2.24, 2.45) is 0 Å². The molecule has 4 nitrogen and oxygen atoms in total. The van der Waals surface area contributed by atoms with E-state index in [9.17, 15) is 4.79 Å². The third kappa shape index (κ3) is 7.00. The number of hydrogen-bond acceptors (Lipinski definition) is 4. The van der Waals surface area contributed by atoms with E-state index in [1.165, 1.54) is 5.56 Å². The topological polar surface area (TPSA) is 32.8 Å². The fraction of sp³-hybridized carbons (Fsp3) is 0.435. The number of hydrogen-bond donors (Lipinski definition) is 0. The number of benzene rings is 2. The monoisotopic (exact) mass is 438 g/mol. The molecule has 0 spiro atoms. The van der Waals surface area contributed by atoms with Gasteiger partial charge in [-0.2, -0.15) is 0 Å². The summed E-state index contributed by atoms with van der Waals surface area (Å²) in [7, 11) is 0. The number of Topliss-reactive ketones (excluding diaryl/α,β-unsaturated/α-hetero) is 1. The molecule has 6 heteroatoms. The molecule has 1 atom stereocenters. The Morgan fingerprint density at radius 2 is 1.66 bits per heavy atom. The Morgan fingerprint density at radius 1 is 0.966 bits per heavy atom. The first-order chi connectivity index (χ1) is 13.2. The number of ketones is 1. The van der Waals surface area contributed by atoms with E-state index >= 15 is 0 Å². The quantitative estimate of drug-likeness (QED) is 0.541. The maximum Gasteiger partial charge on any atom is 0.162 e. The second-order valence-electron chi connectivity index (χ2n) is 6.97. The van der Waals surface area contributed by atoms with E-state index < -0.39 is 0 Å². The van der Waals surface area contributed by atoms with E-state index in [1.54, 1.807) is 0 Å². The fourth-order valence-electron chi connectivity index (χ4n) is 3.63. The summed E-state index contributed by atoms with van der Waals surface area (Å²) in [6.07, 6.45) is 0.670. The van der Waals surface area contributed by atoms with Crippen LogP contribution in [-0.2, 0) is 4.74 Å². The van der Waals surface area contributed by atoms with Crippen LogP contribution in [0.15, 0.2) is 54.6 Å². The Labute approximate surface area is 187 Å². The van der Waals surface area contributed by atoms with E-state index in [4.69, 9.17) is 4.74 Å². The van der Waals surface area contributed by atoms with Gasteiger partial charge in [-0.15, -0.1) is 24.8 Å². The average Bonchev–Trinajstić information content (AvgIpc) is 2.74. The first kappa shape index (κ1) is 25.4. The molecule has 0 saturated carbocycles. The minimum Gasteiger partial charge on any atom is -0.372 e. The van der Waals surface area contributed by atoms with Crippen LogP contribution in [0.25, 0.3) is 0 Å². The van der Waals surface area contributed by atoms with Crippen molar-refractivity contribution >= 4 is 36.3 Å². The number of halogens is 2. The normalized spacial score (nSPS) is 15.2. The van der Waals surface area contributed by atoms with Gasteiger partial charge in [0, 0.05) is 57.0 Å². The molecule has 1 heterocycles. The predicted octanol–water partition coefficient (Wildman–Crippen LogP) is 5.02. The largest absolute Gasteiger partial charge is 0.372 e. The maximum absolute atomic E-state index is 12.0. The summed E-state index contributed by atoms with van der Waals surface area (Å²) in [5.74, 6) is 0.206. The van der Waals surface area contributed by atoms with E-state index in [2.05, 4.69) is 47.1 Å². The number of anilines is 1. The molecule has 1 aliphatic heterocycles. The van der Waals surface area contributed by atoms with Gasteiger partial charge in [0.1, 0.15) is 0 Å². The summed E-state index contributed by atoms with van der Waals surface area (Å²) in [6, 6.07) is 18.5. The van der Waals surface area contributed by atoms with Gasteiger partial charge in [0.15, 0.2) is 5.78 Å². The zero-order chi connectivity index (χ0) is 19.1. The van der Waals surface area contributed by atoms with Gasteiger partial charge in [-0.1, -0.05) is 49.4 Å². The molecule has 29 heavy (non-hydrogen) atoms. The molecule has 160 valence electrons. The molecular formula is C23H32Cl2N2O2. The van der Waals surface area contributed by atoms with Crippen LogP contribution in [0, 0.1) is 0 Å². The van der Waals surface area contributed by atoms with Gasteiger partial charge >= 0.3 is 0 Å². The Balaban J connectivity index is 0.00000210. The molecular weight excluding hydrogens is 407 g/mol. The third-order valence-corrected chi connectivity index (χ3v) is 5.19. The molecule has 0 N–H and O–H groups in total. The molecule has 1 saturated heterocycles. The lowest BCUT2D eigenvalue weighted by molar-refractivity contribution is 0.0311. The molecule has 2 aromatic rings. The molecule has 1 fully saturated rings. The minimum atomic E-state index is 0. The number of rotatable bonds is 8. The van der Waals surface area contributed by atoms with Crippen LogP contribution < -0.4 is 4.90 Å². The number of piperazine rings is 1. The second kappa shape index (κ2) is 12.9. The molecule has 0 amide bonds. The lowest BCUT2D eigenvalue weighted by Crippen LogP contribution is -2.47. The van der Waals surface area contributed by atoms with E-state index in [0.717, 1.165) is 50.6 Å². The number of carbonyl (C=O) groups is 1. The van der Waals surface area contributed by atoms with E-state index in [1.807, 2.05) is 31.2 Å². The highest BCUT2D eigenvalue weighted by molar-refractivity contribution is 5.96. The van der Waals surface area contributed by atoms with Gasteiger partial charge < -0.3 is 9.64 Å². The van der Waals surface area contributed by atoms with E-state index in [0.29, 0.717) is 6.42 Å². The number of carbonyl (C=O) groups excluding carboxylic acids is 1. The first-order valence-electron chi connectivity index (χ1n) is 9.98. The Morgan fingerprint density at radius 3 is 2.28 bits per heavy atom. The Kier molecular flexibility index (Phi) is 11.3. The van der Waals surface area contributed by atoms with Gasteiger partial charge in [0.2, 0.25) is 0 Å². The van der Waals surface area contributed by atoms with Crippen molar-refractivity contribution in [3.63, 3.8) is 0 Å². The molecule has 0 bridgehead atoms. The van der Waals surface area contributed by atoms with Crippen LogP contribution in [-0.4, -0.2) is 50.0 Å². The van der Waals surface area contributed by atoms with E-state index in [-0.39, 0.29) is 36.7 Å². The zero-order valence-corrected chi connectivity index (χ0v) is 18.9. The number of ether oxygens (including phenoxy) is 1. The Hall–Kier alpha value is -1.59. The van der Waals surface area contributed by atoms with Crippen LogP contribution >= 0.6 is 24.8 Å². The van der Waals surface area contributed by atoms with Gasteiger partial charge in [0.25, 0.3) is 0 Å². The SMILES string of the molecule is CCOC(CN1CCN(c2cccc(C(=O)CC)c2)CC1)c1ccccc1.Cl.Cl. The summed E-state index contributed by atoms with van der Waals surface area (Å²) < 4.78 is 6.00. The fourth-order valence-corrected chi connectivity index (χ4v) is 3.63. The van der Waals surface area contributed by atoms with Gasteiger partial charge in [-0.05, 0) is 24.6 Å². The molecule has 0 aliphatic carbocycles. The van der Waals surface area contributed by atoms with Crippen LogP contribution in [0.3, 0.4) is 0 Å². The zero-order valence-electron chi connectivity index (χ0n) is 17.3. The summed E-state index contributed by atoms with van der Waals surface area (Å²) in [4.78, 5) is 16.8. The molecule has 2 aromatic carbocycles. The second-order valence-corrected chi connectivity index (χ2v) is 6.97. The summed E-state index contributed by atoms with van der Waals surface area (Å²) >= 11 is 0. The van der Waals surface area contributed by atoms with Crippen molar-refractivity contribution in [1.82, 2.24) is 4.90 Å². The lowest BCUT2D eigenvalue weighted by atomic mass is 10.1. The van der Waals surface area contributed by atoms with Gasteiger partial charge in [0.05, 0.1) is 6.10 Å². The first-order valence-corrected chi connectivity index (χ1v) is 9.98. The highest BCUT2D eigenvalue weighted by Gasteiger charge is 2.22. The van der Waals surface area contributed by atoms with Crippen molar-refractivity contribution < 1.29 is 9.53 Å². The van der Waals surface area contributed by atoms with Crippen LogP contribution in [0.4, 0.5) is 5.69 Å². The minimum absolute atomic E-state index is 0. The van der Waals surface area contributed by atoms with Crippen LogP contribution in [0.2, 0.25) is 0 Å². The highest BCUT2D eigenvalue weighted by atomic mass is 35.5. The molecule has 3 rings (SSSR count). The molecule has 1 aliphatic rings. The maximum atomic E-state index is 12.0. The smallest absolute Gasteiger partial charge is 0.162 e. The number of nitrogens with zero attached hydrogens (tertiary/aromatic N) is 2. The summed E-state index contributed by atoms with van der Waals surface area (Å²) in [5, 5.41) is 0. The summed E-state index contributed by atoms with van der Waals surface area (Å²) in [6.45, 7) is 9.55. The van der Waals surface area contributed by atoms with Crippen molar-refractivity contribution in [2.75, 3.05) is 44.2 Å².